The Hall–Kier alpha value is -0.690. The van der Waals surface area contributed by atoms with Gasteiger partial charge in [0.1, 0.15) is 6.61 Å². The van der Waals surface area contributed by atoms with E-state index >= 15 is 0 Å². The second-order valence-corrected chi connectivity index (χ2v) is 4.04. The molecule has 0 aliphatic carbocycles. The molecule has 0 aliphatic heterocycles. The molecule has 0 bridgehead atoms. The third-order valence-corrected chi connectivity index (χ3v) is 1.98. The van der Waals surface area contributed by atoms with E-state index in [2.05, 4.69) is 8.37 Å². The van der Waals surface area contributed by atoms with Crippen LogP contribution in [0.3, 0.4) is 0 Å². The van der Waals surface area contributed by atoms with Gasteiger partial charge < -0.3 is 0 Å². The standard InChI is InChI=1S/C5H4F8O4S/c6-3(7,5(11,12)13)1-16-18(14,15)17-2-4(8,9)10/h1-2H2. The van der Waals surface area contributed by atoms with Crippen LogP contribution in [0.1, 0.15) is 0 Å². The van der Waals surface area contributed by atoms with E-state index in [1.165, 1.54) is 0 Å². The van der Waals surface area contributed by atoms with Crippen LogP contribution >= 0.6 is 0 Å². The third-order valence-electron chi connectivity index (χ3n) is 1.17. The average Bonchev–Trinajstić information content (AvgIpc) is 2.10. The summed E-state index contributed by atoms with van der Waals surface area (Å²) in [7, 11) is -5.61. The van der Waals surface area contributed by atoms with Crippen LogP contribution < -0.4 is 0 Å². The van der Waals surface area contributed by atoms with Crippen molar-refractivity contribution in [3.63, 3.8) is 0 Å². The Balaban J connectivity index is 4.46. The van der Waals surface area contributed by atoms with E-state index in [4.69, 9.17) is 0 Å². The van der Waals surface area contributed by atoms with E-state index < -0.39 is 41.9 Å². The molecule has 4 nitrogen and oxygen atoms in total. The van der Waals surface area contributed by atoms with Crippen molar-refractivity contribution >= 4 is 10.4 Å². The van der Waals surface area contributed by atoms with Crippen molar-refractivity contribution in [3.05, 3.63) is 0 Å². The molecule has 0 fully saturated rings. The van der Waals surface area contributed by atoms with Crippen LogP contribution in [-0.2, 0) is 18.8 Å². The van der Waals surface area contributed by atoms with Gasteiger partial charge in [0.2, 0.25) is 0 Å². The van der Waals surface area contributed by atoms with E-state index in [0.29, 0.717) is 0 Å². The Labute approximate surface area is 94.8 Å². The summed E-state index contributed by atoms with van der Waals surface area (Å²) in [5.41, 5.74) is 0. The van der Waals surface area contributed by atoms with Crippen LogP contribution in [0.4, 0.5) is 35.1 Å². The molecule has 0 amide bonds. The molecule has 0 saturated carbocycles. The van der Waals surface area contributed by atoms with Crippen molar-refractivity contribution < 1.29 is 51.9 Å². The number of hydrogen-bond acceptors (Lipinski definition) is 4. The van der Waals surface area contributed by atoms with Gasteiger partial charge in [-0.25, -0.2) is 8.37 Å². The molecule has 18 heavy (non-hydrogen) atoms. The Bertz CT molecular complexity index is 368. The van der Waals surface area contributed by atoms with Gasteiger partial charge in [0.15, 0.2) is 6.61 Å². The Morgan fingerprint density at radius 2 is 1.17 bits per heavy atom. The van der Waals surface area contributed by atoms with Gasteiger partial charge in [-0.2, -0.15) is 43.5 Å². The minimum absolute atomic E-state index is 2.41. The average molecular weight is 312 g/mol. The van der Waals surface area contributed by atoms with Gasteiger partial charge >= 0.3 is 28.7 Å². The topological polar surface area (TPSA) is 52.6 Å². The normalized spacial score (nSPS) is 14.9. The van der Waals surface area contributed by atoms with Crippen molar-refractivity contribution in [2.75, 3.05) is 13.2 Å². The quantitative estimate of drug-likeness (QED) is 0.729. The van der Waals surface area contributed by atoms with Crippen molar-refractivity contribution in [2.24, 2.45) is 0 Å². The minimum Gasteiger partial charge on any atom is -0.241 e. The van der Waals surface area contributed by atoms with E-state index in [0.717, 1.165) is 0 Å². The largest absolute Gasteiger partial charge is 0.455 e. The van der Waals surface area contributed by atoms with Gasteiger partial charge in [0.05, 0.1) is 0 Å². The van der Waals surface area contributed by atoms with Crippen LogP contribution in [0.25, 0.3) is 0 Å². The molecular weight excluding hydrogens is 308 g/mol. The maximum Gasteiger partial charge on any atom is 0.455 e. The summed E-state index contributed by atoms with van der Waals surface area (Å²) in [6, 6.07) is 0. The first-order valence-corrected chi connectivity index (χ1v) is 5.05. The molecule has 13 heteroatoms. The molecular formula is C5H4F8O4S. The lowest BCUT2D eigenvalue weighted by molar-refractivity contribution is -0.290. The van der Waals surface area contributed by atoms with E-state index in [9.17, 15) is 43.5 Å². The zero-order valence-corrected chi connectivity index (χ0v) is 8.80. The highest BCUT2D eigenvalue weighted by Crippen LogP contribution is 2.35. The molecule has 0 aromatic rings. The van der Waals surface area contributed by atoms with Gasteiger partial charge in [-0.05, 0) is 0 Å². The molecule has 0 radical (unpaired) electrons. The maximum absolute atomic E-state index is 12.1. The summed E-state index contributed by atoms with van der Waals surface area (Å²) in [6.45, 7) is -5.12. The van der Waals surface area contributed by atoms with Gasteiger partial charge in [-0.15, -0.1) is 0 Å². The lowest BCUT2D eigenvalue weighted by Crippen LogP contribution is -2.41. The van der Waals surface area contributed by atoms with Crippen molar-refractivity contribution in [1.29, 1.82) is 0 Å². The second-order valence-electron chi connectivity index (χ2n) is 2.75. The minimum atomic E-state index is -6.10. The zero-order valence-electron chi connectivity index (χ0n) is 7.98. The predicted octanol–water partition coefficient (Wildman–Crippen LogP) is 2.02. The third kappa shape index (κ3) is 6.30. The molecule has 0 rings (SSSR count). The number of halogens is 8. The van der Waals surface area contributed by atoms with Crippen molar-refractivity contribution in [1.82, 2.24) is 0 Å². The van der Waals surface area contributed by atoms with Gasteiger partial charge in [0, 0.05) is 0 Å². The van der Waals surface area contributed by atoms with Gasteiger partial charge in [-0.1, -0.05) is 0 Å². The molecule has 0 saturated heterocycles. The van der Waals surface area contributed by atoms with Crippen LogP contribution in [-0.4, -0.2) is 39.9 Å². The number of alkyl halides is 8. The monoisotopic (exact) mass is 312 g/mol. The summed E-state index contributed by atoms with van der Waals surface area (Å²) in [6.07, 6.45) is -11.2. The molecule has 110 valence electrons. The zero-order chi connectivity index (χ0) is 14.8. The van der Waals surface area contributed by atoms with Crippen molar-refractivity contribution in [3.8, 4) is 0 Å². The smallest absolute Gasteiger partial charge is 0.241 e. The fraction of sp³-hybridized carbons (Fsp3) is 1.00. The second kappa shape index (κ2) is 5.13. The van der Waals surface area contributed by atoms with E-state index in [1.54, 1.807) is 0 Å². The highest BCUT2D eigenvalue weighted by molar-refractivity contribution is 7.81. The highest BCUT2D eigenvalue weighted by Gasteiger charge is 2.58. The molecule has 0 spiro atoms. The lowest BCUT2D eigenvalue weighted by atomic mass is 10.3. The molecule has 0 aliphatic rings. The van der Waals surface area contributed by atoms with Crippen LogP contribution in [0.2, 0.25) is 0 Å². The lowest BCUT2D eigenvalue weighted by Gasteiger charge is -2.18. The highest BCUT2D eigenvalue weighted by atomic mass is 32.3. The van der Waals surface area contributed by atoms with Crippen molar-refractivity contribution in [2.45, 2.75) is 18.3 Å². The Morgan fingerprint density at radius 1 is 0.778 bits per heavy atom. The number of rotatable bonds is 5. The van der Waals surface area contributed by atoms with Crippen LogP contribution in [0, 0.1) is 0 Å². The maximum atomic E-state index is 12.1. The Kier molecular flexibility index (Phi) is 4.93. The molecule has 0 aromatic heterocycles. The first kappa shape index (κ1) is 17.3. The molecule has 0 N–H and O–H groups in total. The SMILES string of the molecule is O=S(=O)(OCC(F)(F)F)OCC(F)(F)C(F)(F)F. The summed E-state index contributed by atoms with van der Waals surface area (Å²) < 4.78 is 120. The van der Waals surface area contributed by atoms with Crippen LogP contribution in [0.5, 0.6) is 0 Å². The fourth-order valence-corrected chi connectivity index (χ4v) is 1.04. The molecule has 0 atom stereocenters. The molecule has 0 aromatic carbocycles. The summed E-state index contributed by atoms with van der Waals surface area (Å²) in [4.78, 5) is 0. The first-order valence-electron chi connectivity index (χ1n) is 3.71. The van der Waals surface area contributed by atoms with E-state index in [-0.39, 0.29) is 0 Å². The first-order chi connectivity index (χ1) is 7.66. The van der Waals surface area contributed by atoms with E-state index in [1.807, 2.05) is 0 Å². The Morgan fingerprint density at radius 3 is 1.50 bits per heavy atom. The van der Waals surface area contributed by atoms with Gasteiger partial charge in [-0.3, -0.25) is 0 Å². The molecule has 0 heterocycles. The predicted molar refractivity (Wildman–Crippen MR) is 37.9 cm³/mol. The summed E-state index contributed by atoms with van der Waals surface area (Å²) in [5, 5.41) is 0. The number of hydrogen-bond donors (Lipinski definition) is 0. The van der Waals surface area contributed by atoms with Gasteiger partial charge in [0.25, 0.3) is 0 Å². The summed E-state index contributed by atoms with van der Waals surface area (Å²) in [5.74, 6) is -5.54. The van der Waals surface area contributed by atoms with Crippen LogP contribution in [0.15, 0.2) is 0 Å². The fourth-order valence-electron chi connectivity index (χ4n) is 0.401. The summed E-state index contributed by atoms with van der Waals surface area (Å²) >= 11 is 0. The molecule has 0 unspecified atom stereocenters.